The molecule has 100 valence electrons. The number of nitrogens with one attached hydrogen (secondary N) is 1. The lowest BCUT2D eigenvalue weighted by atomic mass is 10.0. The number of pyridine rings is 1. The average Bonchev–Trinajstić information content (AvgIpc) is 2.36. The second-order valence-corrected chi connectivity index (χ2v) is 5.13. The van der Waals surface area contributed by atoms with Crippen molar-refractivity contribution in [2.45, 2.75) is 26.3 Å². The number of benzene rings is 1. The number of halogens is 1. The Bertz CT molecular complexity index is 549. The zero-order valence-electron chi connectivity index (χ0n) is 11.2. The molecular formula is C15H18ClN3. The van der Waals surface area contributed by atoms with Crippen LogP contribution in [0, 0.1) is 13.8 Å². The topological polar surface area (TPSA) is 50.9 Å². The number of aryl methyl sites for hydroxylation is 2. The molecule has 1 heterocycles. The summed E-state index contributed by atoms with van der Waals surface area (Å²) in [4.78, 5) is 4.55. The van der Waals surface area contributed by atoms with Crippen molar-refractivity contribution < 1.29 is 0 Å². The first kappa shape index (κ1) is 14.0. The highest BCUT2D eigenvalue weighted by Gasteiger charge is 2.14. The predicted octanol–water partition coefficient (Wildman–Crippen LogP) is 3.10. The Hall–Kier alpha value is -1.42. The van der Waals surface area contributed by atoms with Crippen molar-refractivity contribution in [1.29, 1.82) is 0 Å². The molecule has 1 unspecified atom stereocenters. The van der Waals surface area contributed by atoms with Gasteiger partial charge >= 0.3 is 0 Å². The van der Waals surface area contributed by atoms with Crippen LogP contribution in [0.1, 0.15) is 28.6 Å². The number of hydrogen-bond donors (Lipinski definition) is 2. The lowest BCUT2D eigenvalue weighted by molar-refractivity contribution is 0.537. The van der Waals surface area contributed by atoms with E-state index in [2.05, 4.69) is 17.3 Å². The third-order valence-electron chi connectivity index (χ3n) is 3.06. The van der Waals surface area contributed by atoms with Crippen LogP contribution in [0.25, 0.3) is 0 Å². The molecule has 0 radical (unpaired) electrons. The quantitative estimate of drug-likeness (QED) is 0.666. The molecule has 0 amide bonds. The summed E-state index contributed by atoms with van der Waals surface area (Å²) < 4.78 is 0. The van der Waals surface area contributed by atoms with Crippen LogP contribution in [-0.4, -0.2) is 4.98 Å². The number of rotatable bonds is 4. The number of aromatic nitrogens is 1. The lowest BCUT2D eigenvalue weighted by Crippen LogP contribution is -2.30. The second kappa shape index (κ2) is 6.15. The monoisotopic (exact) mass is 275 g/mol. The van der Waals surface area contributed by atoms with E-state index in [1.54, 1.807) is 0 Å². The Morgan fingerprint density at radius 3 is 2.63 bits per heavy atom. The van der Waals surface area contributed by atoms with Gasteiger partial charge in [0, 0.05) is 10.7 Å². The summed E-state index contributed by atoms with van der Waals surface area (Å²) in [6.07, 6.45) is 0.714. The summed E-state index contributed by atoms with van der Waals surface area (Å²) in [6, 6.07) is 11.9. The molecule has 19 heavy (non-hydrogen) atoms. The SMILES string of the molecule is Cc1cc(C)nc(C(Cc2ccccc2Cl)NN)c1. The van der Waals surface area contributed by atoms with Gasteiger partial charge in [-0.3, -0.25) is 16.3 Å². The van der Waals surface area contributed by atoms with Crippen molar-refractivity contribution in [2.75, 3.05) is 0 Å². The van der Waals surface area contributed by atoms with Gasteiger partial charge in [0.25, 0.3) is 0 Å². The predicted molar refractivity (Wildman–Crippen MR) is 78.9 cm³/mol. The standard InChI is InChI=1S/C15H18ClN3/c1-10-7-11(2)18-14(8-10)15(19-17)9-12-5-3-4-6-13(12)16/h3-8,15,19H,9,17H2,1-2H3. The van der Waals surface area contributed by atoms with Gasteiger partial charge in [0.15, 0.2) is 0 Å². The number of nitrogens with two attached hydrogens (primary N) is 1. The molecule has 3 N–H and O–H groups in total. The van der Waals surface area contributed by atoms with E-state index in [1.807, 2.05) is 43.3 Å². The van der Waals surface area contributed by atoms with Crippen molar-refractivity contribution >= 4 is 11.6 Å². The Balaban J connectivity index is 2.28. The first-order chi connectivity index (χ1) is 9.10. The third kappa shape index (κ3) is 3.53. The number of hydrogen-bond acceptors (Lipinski definition) is 3. The summed E-state index contributed by atoms with van der Waals surface area (Å²) in [5.74, 6) is 5.67. The molecule has 0 aliphatic rings. The minimum atomic E-state index is -0.0431. The van der Waals surface area contributed by atoms with Crippen LogP contribution in [0.4, 0.5) is 0 Å². The zero-order chi connectivity index (χ0) is 13.8. The molecule has 0 aliphatic carbocycles. The van der Waals surface area contributed by atoms with Gasteiger partial charge in [-0.2, -0.15) is 0 Å². The maximum atomic E-state index is 6.19. The molecule has 0 bridgehead atoms. The largest absolute Gasteiger partial charge is 0.271 e. The smallest absolute Gasteiger partial charge is 0.0673 e. The lowest BCUT2D eigenvalue weighted by Gasteiger charge is -2.17. The number of hydrazine groups is 1. The van der Waals surface area contributed by atoms with Gasteiger partial charge in [0.1, 0.15) is 0 Å². The molecule has 1 atom stereocenters. The summed E-state index contributed by atoms with van der Waals surface area (Å²) in [5.41, 5.74) is 7.01. The van der Waals surface area contributed by atoms with Crippen LogP contribution in [0.15, 0.2) is 36.4 Å². The Morgan fingerprint density at radius 1 is 1.26 bits per heavy atom. The fourth-order valence-electron chi connectivity index (χ4n) is 2.18. The third-order valence-corrected chi connectivity index (χ3v) is 3.43. The van der Waals surface area contributed by atoms with Crippen LogP contribution in [0.3, 0.4) is 0 Å². The van der Waals surface area contributed by atoms with Crippen LogP contribution < -0.4 is 11.3 Å². The van der Waals surface area contributed by atoms with Gasteiger partial charge in [0.05, 0.1) is 11.7 Å². The summed E-state index contributed by atoms with van der Waals surface area (Å²) >= 11 is 6.19. The highest BCUT2D eigenvalue weighted by Crippen LogP contribution is 2.22. The normalized spacial score (nSPS) is 12.4. The van der Waals surface area contributed by atoms with Crippen LogP contribution in [-0.2, 0) is 6.42 Å². The van der Waals surface area contributed by atoms with Gasteiger partial charge in [-0.05, 0) is 49.6 Å². The molecule has 2 rings (SSSR count). The summed E-state index contributed by atoms with van der Waals surface area (Å²) in [7, 11) is 0. The fourth-order valence-corrected chi connectivity index (χ4v) is 2.40. The van der Waals surface area contributed by atoms with E-state index < -0.39 is 0 Å². The Labute approximate surface area is 118 Å². The van der Waals surface area contributed by atoms with Crippen molar-refractivity contribution in [1.82, 2.24) is 10.4 Å². The van der Waals surface area contributed by atoms with Crippen LogP contribution in [0.2, 0.25) is 5.02 Å². The van der Waals surface area contributed by atoms with E-state index in [4.69, 9.17) is 17.4 Å². The minimum Gasteiger partial charge on any atom is -0.271 e. The molecule has 3 nitrogen and oxygen atoms in total. The Kier molecular flexibility index (Phi) is 4.53. The molecule has 0 saturated carbocycles. The number of nitrogens with zero attached hydrogens (tertiary/aromatic N) is 1. The molecule has 1 aromatic carbocycles. The molecule has 0 spiro atoms. The first-order valence-electron chi connectivity index (χ1n) is 6.25. The maximum absolute atomic E-state index is 6.19. The molecule has 0 aliphatic heterocycles. The van der Waals surface area contributed by atoms with Gasteiger partial charge in [-0.15, -0.1) is 0 Å². The van der Waals surface area contributed by atoms with Gasteiger partial charge in [-0.1, -0.05) is 29.8 Å². The van der Waals surface area contributed by atoms with E-state index in [0.29, 0.717) is 6.42 Å². The highest BCUT2D eigenvalue weighted by molar-refractivity contribution is 6.31. The van der Waals surface area contributed by atoms with E-state index in [1.165, 1.54) is 5.56 Å². The average molecular weight is 276 g/mol. The van der Waals surface area contributed by atoms with Crippen LogP contribution >= 0.6 is 11.6 Å². The highest BCUT2D eigenvalue weighted by atomic mass is 35.5. The Morgan fingerprint density at radius 2 is 2.00 bits per heavy atom. The van der Waals surface area contributed by atoms with Crippen molar-refractivity contribution in [2.24, 2.45) is 5.84 Å². The molecule has 0 saturated heterocycles. The maximum Gasteiger partial charge on any atom is 0.0673 e. The summed E-state index contributed by atoms with van der Waals surface area (Å²) in [5, 5.41) is 0.757. The van der Waals surface area contributed by atoms with E-state index in [9.17, 15) is 0 Å². The zero-order valence-corrected chi connectivity index (χ0v) is 11.9. The van der Waals surface area contributed by atoms with E-state index in [0.717, 1.165) is 22.0 Å². The molecule has 2 aromatic rings. The fraction of sp³-hybridized carbons (Fsp3) is 0.267. The summed E-state index contributed by atoms with van der Waals surface area (Å²) in [6.45, 7) is 4.04. The van der Waals surface area contributed by atoms with Crippen molar-refractivity contribution in [3.8, 4) is 0 Å². The van der Waals surface area contributed by atoms with Gasteiger partial charge in [0.2, 0.25) is 0 Å². The molecular weight excluding hydrogens is 258 g/mol. The van der Waals surface area contributed by atoms with Gasteiger partial charge < -0.3 is 0 Å². The van der Waals surface area contributed by atoms with Crippen LogP contribution in [0.5, 0.6) is 0 Å². The van der Waals surface area contributed by atoms with Gasteiger partial charge in [-0.25, -0.2) is 0 Å². The molecule has 1 aromatic heterocycles. The van der Waals surface area contributed by atoms with E-state index in [-0.39, 0.29) is 6.04 Å². The molecule has 4 heteroatoms. The first-order valence-corrected chi connectivity index (χ1v) is 6.62. The van der Waals surface area contributed by atoms with Crippen molar-refractivity contribution in [3.05, 3.63) is 63.9 Å². The van der Waals surface area contributed by atoms with Crippen molar-refractivity contribution in [3.63, 3.8) is 0 Å². The molecule has 0 fully saturated rings. The van der Waals surface area contributed by atoms with E-state index >= 15 is 0 Å². The second-order valence-electron chi connectivity index (χ2n) is 4.73. The minimum absolute atomic E-state index is 0.0431.